The lowest BCUT2D eigenvalue weighted by Crippen LogP contribution is -2.28. The number of fused-ring (bicyclic) bond motifs is 1. The van der Waals surface area contributed by atoms with Gasteiger partial charge in [0.25, 0.3) is 0 Å². The first-order valence-corrected chi connectivity index (χ1v) is 7.52. The summed E-state index contributed by atoms with van der Waals surface area (Å²) in [4.78, 5) is 15.8. The van der Waals surface area contributed by atoms with E-state index in [9.17, 15) is 9.90 Å². The van der Waals surface area contributed by atoms with E-state index in [1.54, 1.807) is 0 Å². The molecule has 0 bridgehead atoms. The highest BCUT2D eigenvalue weighted by molar-refractivity contribution is 5.78. The third-order valence-electron chi connectivity index (χ3n) is 4.35. The summed E-state index contributed by atoms with van der Waals surface area (Å²) in [5.41, 5.74) is 2.00. The molecule has 2 unspecified atom stereocenters. The van der Waals surface area contributed by atoms with E-state index in [0.717, 1.165) is 42.4 Å². The van der Waals surface area contributed by atoms with Crippen LogP contribution in [0.4, 0.5) is 0 Å². The maximum atomic E-state index is 11.2. The highest BCUT2D eigenvalue weighted by atomic mass is 16.4. The monoisotopic (exact) mass is 284 g/mol. The molecule has 21 heavy (non-hydrogen) atoms. The highest BCUT2D eigenvalue weighted by Gasteiger charge is 2.32. The Bertz CT molecular complexity index is 641. The van der Waals surface area contributed by atoms with Gasteiger partial charge in [-0.1, -0.05) is 30.7 Å². The number of para-hydroxylation sites is 1. The molecule has 1 aliphatic rings. The Kier molecular flexibility index (Phi) is 4.15. The number of aliphatic carboxylic acids is 1. The van der Waals surface area contributed by atoms with Crippen LogP contribution in [0.25, 0.3) is 10.9 Å². The number of benzene rings is 1. The van der Waals surface area contributed by atoms with Gasteiger partial charge in [0, 0.05) is 11.9 Å². The van der Waals surface area contributed by atoms with Gasteiger partial charge in [-0.2, -0.15) is 0 Å². The van der Waals surface area contributed by atoms with E-state index in [4.69, 9.17) is 0 Å². The first-order valence-electron chi connectivity index (χ1n) is 7.52. The number of carbonyl (C=O) groups is 1. The second-order valence-corrected chi connectivity index (χ2v) is 5.76. The van der Waals surface area contributed by atoms with Crippen LogP contribution < -0.4 is 5.32 Å². The van der Waals surface area contributed by atoms with Crippen molar-refractivity contribution in [3.05, 3.63) is 42.1 Å². The van der Waals surface area contributed by atoms with Crippen LogP contribution in [-0.2, 0) is 11.3 Å². The molecule has 0 aliphatic heterocycles. The fourth-order valence-corrected chi connectivity index (χ4v) is 3.20. The van der Waals surface area contributed by atoms with Crippen LogP contribution >= 0.6 is 0 Å². The van der Waals surface area contributed by atoms with Crippen molar-refractivity contribution in [2.75, 3.05) is 6.54 Å². The van der Waals surface area contributed by atoms with Crippen molar-refractivity contribution in [2.24, 2.45) is 11.8 Å². The van der Waals surface area contributed by atoms with E-state index in [-0.39, 0.29) is 11.8 Å². The van der Waals surface area contributed by atoms with Gasteiger partial charge in [0.1, 0.15) is 0 Å². The lowest BCUT2D eigenvalue weighted by molar-refractivity contribution is -0.142. The van der Waals surface area contributed by atoms with E-state index in [0.29, 0.717) is 6.54 Å². The van der Waals surface area contributed by atoms with Crippen molar-refractivity contribution >= 4 is 16.9 Å². The molecule has 4 nitrogen and oxygen atoms in total. The smallest absolute Gasteiger partial charge is 0.306 e. The minimum Gasteiger partial charge on any atom is -0.481 e. The SMILES string of the molecule is O=C(O)C1CCCC1CNCc1ccc2ccccc2n1. The fourth-order valence-electron chi connectivity index (χ4n) is 3.20. The van der Waals surface area contributed by atoms with Gasteiger partial charge in [-0.15, -0.1) is 0 Å². The molecule has 1 aromatic carbocycles. The number of carboxylic acid groups (broad SMARTS) is 1. The average Bonchev–Trinajstić information content (AvgIpc) is 2.96. The van der Waals surface area contributed by atoms with Crippen molar-refractivity contribution in [2.45, 2.75) is 25.8 Å². The Morgan fingerprint density at radius 3 is 2.95 bits per heavy atom. The Labute approximate surface area is 124 Å². The third kappa shape index (κ3) is 3.22. The van der Waals surface area contributed by atoms with E-state index >= 15 is 0 Å². The van der Waals surface area contributed by atoms with Gasteiger partial charge >= 0.3 is 5.97 Å². The first-order chi connectivity index (χ1) is 10.2. The van der Waals surface area contributed by atoms with Crippen molar-refractivity contribution in [3.63, 3.8) is 0 Å². The third-order valence-corrected chi connectivity index (χ3v) is 4.35. The summed E-state index contributed by atoms with van der Waals surface area (Å²) in [7, 11) is 0. The van der Waals surface area contributed by atoms with E-state index < -0.39 is 5.97 Å². The summed E-state index contributed by atoms with van der Waals surface area (Å²) in [5.74, 6) is -0.576. The van der Waals surface area contributed by atoms with Gasteiger partial charge in [-0.25, -0.2) is 0 Å². The maximum Gasteiger partial charge on any atom is 0.306 e. The zero-order chi connectivity index (χ0) is 14.7. The van der Waals surface area contributed by atoms with Gasteiger partial charge in [-0.3, -0.25) is 9.78 Å². The quantitative estimate of drug-likeness (QED) is 0.886. The van der Waals surface area contributed by atoms with Crippen LogP contribution in [0.2, 0.25) is 0 Å². The van der Waals surface area contributed by atoms with E-state index in [2.05, 4.69) is 22.4 Å². The largest absolute Gasteiger partial charge is 0.481 e. The molecule has 1 fully saturated rings. The predicted molar refractivity (Wildman–Crippen MR) is 81.9 cm³/mol. The number of nitrogens with zero attached hydrogens (tertiary/aromatic N) is 1. The molecule has 1 saturated carbocycles. The Hall–Kier alpha value is -1.94. The van der Waals surface area contributed by atoms with Crippen molar-refractivity contribution in [1.29, 1.82) is 0 Å². The molecule has 1 aliphatic carbocycles. The van der Waals surface area contributed by atoms with Crippen molar-refractivity contribution in [1.82, 2.24) is 10.3 Å². The number of hydrogen-bond donors (Lipinski definition) is 2. The number of carboxylic acids is 1. The van der Waals surface area contributed by atoms with Gasteiger partial charge in [0.15, 0.2) is 0 Å². The Balaban J connectivity index is 1.58. The van der Waals surface area contributed by atoms with Crippen LogP contribution in [0.3, 0.4) is 0 Å². The van der Waals surface area contributed by atoms with Crippen LogP contribution in [0.15, 0.2) is 36.4 Å². The minimum atomic E-state index is -0.650. The molecule has 0 amide bonds. The minimum absolute atomic E-state index is 0.179. The summed E-state index contributed by atoms with van der Waals surface area (Å²) in [5, 5.41) is 13.7. The second kappa shape index (κ2) is 6.22. The maximum absolute atomic E-state index is 11.2. The summed E-state index contributed by atoms with van der Waals surface area (Å²) >= 11 is 0. The number of rotatable bonds is 5. The lowest BCUT2D eigenvalue weighted by Gasteiger charge is -2.16. The average molecular weight is 284 g/mol. The van der Waals surface area contributed by atoms with Crippen LogP contribution in [0, 0.1) is 11.8 Å². The van der Waals surface area contributed by atoms with Gasteiger partial charge < -0.3 is 10.4 Å². The van der Waals surface area contributed by atoms with E-state index in [1.165, 1.54) is 0 Å². The molecule has 3 rings (SSSR count). The molecule has 4 heteroatoms. The molecule has 0 radical (unpaired) electrons. The number of aromatic nitrogens is 1. The summed E-state index contributed by atoms with van der Waals surface area (Å²) in [6, 6.07) is 12.2. The normalized spacial score (nSPS) is 21.7. The molecule has 0 spiro atoms. The molecule has 2 N–H and O–H groups in total. The fraction of sp³-hybridized carbons (Fsp3) is 0.412. The highest BCUT2D eigenvalue weighted by Crippen LogP contribution is 2.31. The van der Waals surface area contributed by atoms with Crippen LogP contribution in [-0.4, -0.2) is 22.6 Å². The molecule has 110 valence electrons. The molecule has 1 aromatic heterocycles. The molecular formula is C17H20N2O2. The van der Waals surface area contributed by atoms with Crippen molar-refractivity contribution < 1.29 is 9.90 Å². The van der Waals surface area contributed by atoms with Crippen LogP contribution in [0.5, 0.6) is 0 Å². The molecule has 2 aromatic rings. The zero-order valence-electron chi connectivity index (χ0n) is 12.0. The van der Waals surface area contributed by atoms with Crippen LogP contribution in [0.1, 0.15) is 25.0 Å². The Morgan fingerprint density at radius 2 is 2.10 bits per heavy atom. The topological polar surface area (TPSA) is 62.2 Å². The molecule has 0 saturated heterocycles. The first kappa shape index (κ1) is 14.0. The Morgan fingerprint density at radius 1 is 1.24 bits per heavy atom. The van der Waals surface area contributed by atoms with E-state index in [1.807, 2.05) is 24.3 Å². The summed E-state index contributed by atoms with van der Waals surface area (Å²) < 4.78 is 0. The number of nitrogens with one attached hydrogen (secondary N) is 1. The molecule has 1 heterocycles. The van der Waals surface area contributed by atoms with Gasteiger partial charge in [0.05, 0.1) is 17.1 Å². The second-order valence-electron chi connectivity index (χ2n) is 5.76. The zero-order valence-corrected chi connectivity index (χ0v) is 12.0. The summed E-state index contributed by atoms with van der Waals surface area (Å²) in [6.45, 7) is 1.44. The molecule has 2 atom stereocenters. The van der Waals surface area contributed by atoms with Gasteiger partial charge in [-0.05, 0) is 37.4 Å². The number of hydrogen-bond acceptors (Lipinski definition) is 3. The van der Waals surface area contributed by atoms with Gasteiger partial charge in [0.2, 0.25) is 0 Å². The van der Waals surface area contributed by atoms with Crippen molar-refractivity contribution in [3.8, 4) is 0 Å². The lowest BCUT2D eigenvalue weighted by atomic mass is 9.96. The standard InChI is InChI=1S/C17H20N2O2/c20-17(21)15-6-3-5-13(15)10-18-11-14-9-8-12-4-1-2-7-16(12)19-14/h1-2,4,7-9,13,15,18H,3,5-6,10-11H2,(H,20,21). The molecular weight excluding hydrogens is 264 g/mol. The summed E-state index contributed by atoms with van der Waals surface area (Å²) in [6.07, 6.45) is 2.85. The predicted octanol–water partition coefficient (Wildman–Crippen LogP) is 2.83. The number of pyridine rings is 1.